The molecule has 3 radical (unpaired) electrons. The molecule has 4 fully saturated rings. The van der Waals surface area contributed by atoms with Crippen molar-refractivity contribution in [3.8, 4) is 23.7 Å². The molecule has 0 saturated carbocycles. The number of nitrogens with one attached hydrogen (secondary N) is 3. The Morgan fingerprint density at radius 3 is 1.24 bits per heavy atom. The number of carbonyl (C=O) groups is 10. The van der Waals surface area contributed by atoms with Gasteiger partial charge in [0.05, 0.1) is 12.2 Å². The van der Waals surface area contributed by atoms with E-state index in [0.29, 0.717) is 60.5 Å². The minimum absolute atomic E-state index is 0. The molecule has 0 bridgehead atoms. The fraction of sp³-hybridized carbons (Fsp3) is 0.465. The molecule has 0 aromatic heterocycles. The quantitative estimate of drug-likeness (QED) is 0.0231. The van der Waals surface area contributed by atoms with Gasteiger partial charge < -0.3 is 66.9 Å². The predicted molar refractivity (Wildman–Crippen MR) is 376 cm³/mol. The summed E-state index contributed by atoms with van der Waals surface area (Å²) in [6.45, 7) is 11.7. The van der Waals surface area contributed by atoms with Crippen LogP contribution in [0.5, 0.6) is 0 Å². The summed E-state index contributed by atoms with van der Waals surface area (Å²) in [5, 5.41) is 8.08. The largest absolute Gasteiger partial charge is 1.00 e. The van der Waals surface area contributed by atoms with Crippen LogP contribution in [0.25, 0.3) is 0 Å². The molecule has 101 heavy (non-hydrogen) atoms. The first-order valence-electron chi connectivity index (χ1n) is 31.7. The molecule has 0 spiro atoms. The van der Waals surface area contributed by atoms with E-state index in [9.17, 15) is 47.9 Å². The summed E-state index contributed by atoms with van der Waals surface area (Å²) in [7, 11) is 18.0. The third-order valence-corrected chi connectivity index (χ3v) is 15.6. The van der Waals surface area contributed by atoms with E-state index in [-0.39, 0.29) is 55.2 Å². The van der Waals surface area contributed by atoms with Crippen LogP contribution in [0.15, 0.2) is 102 Å². The van der Waals surface area contributed by atoms with E-state index in [1.807, 2.05) is 12.1 Å². The first-order valence-corrected chi connectivity index (χ1v) is 32.1. The molecular weight excluding hydrogens is 1360 g/mol. The van der Waals surface area contributed by atoms with Gasteiger partial charge in [-0.05, 0) is 140 Å². The summed E-state index contributed by atoms with van der Waals surface area (Å²) < 4.78 is 39.4. The Labute approximate surface area is 623 Å². The Morgan fingerprint density at radius 2 is 0.970 bits per heavy atom. The number of Topliss-reactive ketones (excluding diaryl/α,β-unsaturated/α-hetero) is 2. The van der Waals surface area contributed by atoms with Crippen molar-refractivity contribution >= 4 is 88.9 Å². The maximum Gasteiger partial charge on any atom is 1.00 e. The monoisotopic (exact) mass is 1450 g/mol. The number of aldehydes is 1. The van der Waals surface area contributed by atoms with E-state index in [4.69, 9.17) is 28.4 Å². The molecular formula is C71H92BClN7NaO19P. The Kier molecular flexibility index (Phi) is 44.5. The first kappa shape index (κ1) is 91.4. The number of amides is 4. The van der Waals surface area contributed by atoms with Crippen LogP contribution in [-0.2, 0) is 83.0 Å². The van der Waals surface area contributed by atoms with Gasteiger partial charge in [-0.2, -0.15) is 0 Å². The molecule has 4 atom stereocenters. The Morgan fingerprint density at radius 1 is 0.624 bits per heavy atom. The molecule has 4 aromatic rings. The fourth-order valence-electron chi connectivity index (χ4n) is 9.14. The van der Waals surface area contributed by atoms with E-state index in [2.05, 4.69) is 92.9 Å². The van der Waals surface area contributed by atoms with Gasteiger partial charge in [0.2, 0.25) is 5.97 Å². The maximum absolute atomic E-state index is 13.4. The Balaban J connectivity index is 0.000000767. The number of hydrogen-bond donors (Lipinski definition) is 3. The van der Waals surface area contributed by atoms with Crippen LogP contribution in [0.3, 0.4) is 0 Å². The number of hydrogen-bond acceptors (Lipinski definition) is 22. The van der Waals surface area contributed by atoms with E-state index in [1.54, 1.807) is 94.1 Å². The van der Waals surface area contributed by atoms with Gasteiger partial charge in [-0.25, -0.2) is 19.4 Å². The third-order valence-electron chi connectivity index (χ3n) is 15.6. The number of rotatable bonds is 19. The van der Waals surface area contributed by atoms with E-state index >= 15 is 0 Å². The smallest absolute Gasteiger partial charge is 0.793 e. The summed E-state index contributed by atoms with van der Waals surface area (Å²) in [5.41, 5.74) is 1.98. The molecule has 541 valence electrons. The van der Waals surface area contributed by atoms with Crippen molar-refractivity contribution in [2.24, 2.45) is 4.74 Å². The molecule has 0 aliphatic carbocycles. The van der Waals surface area contributed by atoms with Crippen LogP contribution in [-0.4, -0.2) is 220 Å². The second-order valence-electron chi connectivity index (χ2n) is 22.7. The van der Waals surface area contributed by atoms with Gasteiger partial charge in [0, 0.05) is 155 Å². The zero-order valence-electron chi connectivity index (χ0n) is 59.8. The standard InChI is InChI=1S/C32H39N3O6.C28H30N2O6.C4H9NO.C4H6O4.C2H3BO2.CH4NP.ClH.Na/c1-32(31(38)33-2,28(36)22-41-29-7-5-6-18-40-29)34(3)30(37)26-16-14-24(15-17-26)9-8-23-10-12-25(13-11-23)19-35-20-27(21-35)39-4;1-28(27(34)29-2,24(32)19-36-25-6-4-5-17-35-25)30(3)26(33)23-15-13-21(14-16-23)8-7-20-9-11-22(18-31)12-10-20;1-6-4-2-5-3-4;1-3(5)7-8-4(2)6;1-2(4)5-3;1-2-3;;/h10-17,27,29H,5-7,18-22H2,1-4H3,(H,33,38);9-16,18,25H,4-6,17,19H2,1-3H3,(H,29,34);4-5H,2-3H2,1H3;1-2H3;1H3;3H,1H3;1H;/q;;;;-1;;;+1/t29?,32-;25?,28-;;;;;;/m11....../s1. The molecule has 8 rings (SSSR count). The normalized spacial score (nSPS) is 16.0. The van der Waals surface area contributed by atoms with Crippen molar-refractivity contribution in [1.82, 2.24) is 30.7 Å². The van der Waals surface area contributed by atoms with E-state index < -0.39 is 76.8 Å². The Hall–Kier alpha value is -7.57. The third kappa shape index (κ3) is 31.3. The van der Waals surface area contributed by atoms with Gasteiger partial charge in [-0.15, -0.1) is 12.4 Å². The molecule has 4 aliphatic heterocycles. The Bertz CT molecular complexity index is 3410. The van der Waals surface area contributed by atoms with Crippen LogP contribution in [0.2, 0.25) is 0 Å². The molecule has 30 heteroatoms. The number of halogens is 1. The number of methoxy groups -OCH3 is 2. The van der Waals surface area contributed by atoms with Gasteiger partial charge in [0.1, 0.15) is 19.5 Å². The molecule has 4 heterocycles. The number of likely N-dealkylation sites (tertiary alicyclic amines) is 1. The number of benzene rings is 4. The van der Waals surface area contributed by atoms with Crippen molar-refractivity contribution in [3.63, 3.8) is 0 Å². The van der Waals surface area contributed by atoms with Crippen LogP contribution < -0.4 is 45.5 Å². The fourth-order valence-corrected chi connectivity index (χ4v) is 9.14. The summed E-state index contributed by atoms with van der Waals surface area (Å²) in [6, 6.07) is 28.4. The number of likely N-dealkylation sites (N-methyl/N-ethyl adjacent to an activating group) is 4. The van der Waals surface area contributed by atoms with Crippen molar-refractivity contribution in [2.75, 3.05) is 102 Å². The predicted octanol–water partition coefficient (Wildman–Crippen LogP) is 2.83. The molecule has 4 aromatic carbocycles. The van der Waals surface area contributed by atoms with Gasteiger partial charge in [0.15, 0.2) is 35.2 Å². The van der Waals surface area contributed by atoms with Crippen molar-refractivity contribution < 1.29 is 120 Å². The van der Waals surface area contributed by atoms with E-state index in [1.165, 1.54) is 54.5 Å². The van der Waals surface area contributed by atoms with Gasteiger partial charge >= 0.3 is 41.5 Å². The van der Waals surface area contributed by atoms with Gasteiger partial charge in [-0.3, -0.25) is 48.0 Å². The average molecular weight is 1450 g/mol. The molecule has 4 aliphatic rings. The van der Waals surface area contributed by atoms with E-state index in [0.717, 1.165) is 105 Å². The molecule has 3 N–H and O–H groups in total. The molecule has 2 unspecified atom stereocenters. The van der Waals surface area contributed by atoms with Crippen molar-refractivity contribution in [2.45, 2.75) is 116 Å². The zero-order chi connectivity index (χ0) is 73.5. The average Bonchev–Trinajstić information content (AvgIpc) is 0.790. The molecule has 4 amide bonds. The second kappa shape index (κ2) is 49.1. The summed E-state index contributed by atoms with van der Waals surface area (Å²) in [5.74, 6) is 7.31. The summed E-state index contributed by atoms with van der Waals surface area (Å²) in [6.07, 6.45) is 5.79. The number of ether oxygens (including phenoxy) is 6. The second-order valence-corrected chi connectivity index (χ2v) is 23.2. The van der Waals surface area contributed by atoms with Crippen LogP contribution in [0.1, 0.15) is 132 Å². The summed E-state index contributed by atoms with van der Waals surface area (Å²) >= 11 is 0. The van der Waals surface area contributed by atoms with Crippen molar-refractivity contribution in [1.29, 1.82) is 0 Å². The van der Waals surface area contributed by atoms with Gasteiger partial charge in [0.25, 0.3) is 23.6 Å². The minimum Gasteiger partial charge on any atom is -0.793 e. The zero-order valence-corrected chi connectivity index (χ0v) is 63.6. The minimum atomic E-state index is -1.77. The maximum atomic E-state index is 13.4. The van der Waals surface area contributed by atoms with Gasteiger partial charge in [-0.1, -0.05) is 47.9 Å². The van der Waals surface area contributed by atoms with Crippen molar-refractivity contribution in [3.05, 3.63) is 142 Å². The molecule has 4 saturated heterocycles. The van der Waals surface area contributed by atoms with Crippen LogP contribution in [0, 0.1) is 23.7 Å². The number of carbonyl (C=O) groups excluding carboxylic acids is 10. The SMILES string of the molecule is CC(=O)OOC(C)=O.CN=P.CNC(=O)[C@@](C)(C(=O)COC1CCCCO1)N(C)C(=O)c1ccc(C#Cc2ccc(C=O)cc2)cc1.CNC(=O)[C@@](C)(C(=O)COC1CCCCO1)N(C)C(=O)c1ccc(C#Cc2ccc(CN3CC(OC)C3)cc2)cc1.COC1CNC1.Cl.[B-]OC(C)=O.[Na+]. The molecule has 26 nitrogen and oxygen atoms in total. The summed E-state index contributed by atoms with van der Waals surface area (Å²) in [4.78, 5) is 131. The topological polar surface area (TPSA) is 312 Å². The number of nitrogens with zero attached hydrogens (tertiary/aromatic N) is 4. The van der Waals surface area contributed by atoms with Crippen LogP contribution in [0.4, 0.5) is 0 Å². The number of ketones is 2. The first-order chi connectivity index (χ1) is 47.3. The van der Waals surface area contributed by atoms with Crippen LogP contribution >= 0.6 is 21.4 Å².